The third kappa shape index (κ3) is 2.20. The van der Waals surface area contributed by atoms with Gasteiger partial charge in [-0.25, -0.2) is 9.37 Å². The Morgan fingerprint density at radius 1 is 1.17 bits per heavy atom. The van der Waals surface area contributed by atoms with Gasteiger partial charge in [0.2, 0.25) is 0 Å². The zero-order valence-electron chi connectivity index (χ0n) is 10.1. The number of para-hydroxylation sites is 1. The Bertz CT molecular complexity index is 556. The van der Waals surface area contributed by atoms with E-state index in [9.17, 15) is 4.39 Å². The van der Waals surface area contributed by atoms with Gasteiger partial charge in [-0.3, -0.25) is 0 Å². The van der Waals surface area contributed by atoms with Gasteiger partial charge in [0, 0.05) is 6.54 Å². The molecule has 0 saturated carbocycles. The molecule has 2 rings (SSSR count). The van der Waals surface area contributed by atoms with Gasteiger partial charge in [0.25, 0.3) is 0 Å². The van der Waals surface area contributed by atoms with Gasteiger partial charge in [-0.1, -0.05) is 12.1 Å². The zero-order valence-corrected chi connectivity index (χ0v) is 10.1. The number of anilines is 4. The molecule has 0 atom stereocenters. The average molecular weight is 246 g/mol. The minimum absolute atomic E-state index is 0.252. The first kappa shape index (κ1) is 12.2. The number of nitrogens with zero attached hydrogens (tertiary/aromatic N) is 2. The lowest BCUT2D eigenvalue weighted by Gasteiger charge is -2.23. The maximum atomic E-state index is 13.8. The third-order valence-corrected chi connectivity index (χ3v) is 2.68. The second-order valence-electron chi connectivity index (χ2n) is 3.84. The monoisotopic (exact) mass is 246 g/mol. The Kier molecular flexibility index (Phi) is 3.32. The SMILES string of the molecule is CCN(c1ccc(N)c(N)n1)c1ccccc1F. The van der Waals surface area contributed by atoms with Crippen molar-refractivity contribution in [3.8, 4) is 0 Å². The van der Waals surface area contributed by atoms with Crippen LogP contribution in [-0.4, -0.2) is 11.5 Å². The molecule has 0 fully saturated rings. The van der Waals surface area contributed by atoms with Crippen LogP contribution in [0, 0.1) is 5.82 Å². The van der Waals surface area contributed by atoms with E-state index >= 15 is 0 Å². The van der Waals surface area contributed by atoms with Crippen LogP contribution in [0.2, 0.25) is 0 Å². The molecule has 0 spiro atoms. The van der Waals surface area contributed by atoms with Crippen LogP contribution in [0.4, 0.5) is 27.4 Å². The van der Waals surface area contributed by atoms with Crippen LogP contribution in [0.15, 0.2) is 36.4 Å². The number of pyridine rings is 1. The first-order valence-corrected chi connectivity index (χ1v) is 5.67. The smallest absolute Gasteiger partial charge is 0.149 e. The molecule has 0 radical (unpaired) electrons. The number of hydrogen-bond donors (Lipinski definition) is 2. The molecule has 94 valence electrons. The van der Waals surface area contributed by atoms with Crippen molar-refractivity contribution in [3.05, 3.63) is 42.2 Å². The molecule has 5 heteroatoms. The summed E-state index contributed by atoms with van der Waals surface area (Å²) in [5.74, 6) is 0.535. The van der Waals surface area contributed by atoms with E-state index in [1.165, 1.54) is 6.07 Å². The highest BCUT2D eigenvalue weighted by Gasteiger charge is 2.13. The summed E-state index contributed by atoms with van der Waals surface area (Å²) in [5, 5.41) is 0. The maximum absolute atomic E-state index is 13.8. The fourth-order valence-corrected chi connectivity index (χ4v) is 1.75. The van der Waals surface area contributed by atoms with Gasteiger partial charge in [0.15, 0.2) is 0 Å². The van der Waals surface area contributed by atoms with Gasteiger partial charge in [0.05, 0.1) is 11.4 Å². The molecule has 4 nitrogen and oxygen atoms in total. The first-order chi connectivity index (χ1) is 8.63. The summed E-state index contributed by atoms with van der Waals surface area (Å²) in [6.45, 7) is 2.50. The number of halogens is 1. The highest BCUT2D eigenvalue weighted by atomic mass is 19.1. The van der Waals surface area contributed by atoms with E-state index in [-0.39, 0.29) is 11.6 Å². The lowest BCUT2D eigenvalue weighted by atomic mass is 10.2. The van der Waals surface area contributed by atoms with Crippen molar-refractivity contribution in [1.82, 2.24) is 4.98 Å². The minimum atomic E-state index is -0.295. The highest BCUT2D eigenvalue weighted by molar-refractivity contribution is 5.67. The molecule has 4 N–H and O–H groups in total. The number of aromatic nitrogens is 1. The topological polar surface area (TPSA) is 68.2 Å². The Morgan fingerprint density at radius 2 is 1.89 bits per heavy atom. The van der Waals surface area contributed by atoms with Crippen LogP contribution >= 0.6 is 0 Å². The van der Waals surface area contributed by atoms with Gasteiger partial charge in [0.1, 0.15) is 17.5 Å². The summed E-state index contributed by atoms with van der Waals surface area (Å²) < 4.78 is 13.8. The van der Waals surface area contributed by atoms with Gasteiger partial charge < -0.3 is 16.4 Å². The van der Waals surface area contributed by atoms with Gasteiger partial charge >= 0.3 is 0 Å². The highest BCUT2D eigenvalue weighted by Crippen LogP contribution is 2.27. The lowest BCUT2D eigenvalue weighted by Crippen LogP contribution is -2.19. The number of nitrogen functional groups attached to an aromatic ring is 2. The van der Waals surface area contributed by atoms with Gasteiger partial charge in [-0.15, -0.1) is 0 Å². The largest absolute Gasteiger partial charge is 0.396 e. The standard InChI is InChI=1S/C13H15FN4/c1-2-18(11-6-4-3-5-9(11)14)12-8-7-10(15)13(16)17-12/h3-8H,2,15H2,1H3,(H2,16,17). The summed E-state index contributed by atoms with van der Waals surface area (Å²) in [7, 11) is 0. The molecule has 0 aliphatic heterocycles. The number of benzene rings is 1. The summed E-state index contributed by atoms with van der Waals surface area (Å²) >= 11 is 0. The zero-order chi connectivity index (χ0) is 13.1. The van der Waals surface area contributed by atoms with Crippen molar-refractivity contribution in [1.29, 1.82) is 0 Å². The minimum Gasteiger partial charge on any atom is -0.396 e. The van der Waals surface area contributed by atoms with Crippen LogP contribution in [0.25, 0.3) is 0 Å². The molecular formula is C13H15FN4. The van der Waals surface area contributed by atoms with Crippen LogP contribution in [-0.2, 0) is 0 Å². The average Bonchev–Trinajstić information content (AvgIpc) is 2.37. The van der Waals surface area contributed by atoms with E-state index < -0.39 is 0 Å². The Hall–Kier alpha value is -2.30. The van der Waals surface area contributed by atoms with Crippen LogP contribution in [0.1, 0.15) is 6.92 Å². The summed E-state index contributed by atoms with van der Waals surface area (Å²) in [6, 6.07) is 9.94. The predicted molar refractivity (Wildman–Crippen MR) is 72.1 cm³/mol. The molecule has 1 heterocycles. The predicted octanol–water partition coefficient (Wildman–Crippen LogP) is 2.54. The Labute approximate surface area is 105 Å². The van der Waals surface area contributed by atoms with Gasteiger partial charge in [-0.05, 0) is 31.2 Å². The second-order valence-corrected chi connectivity index (χ2v) is 3.84. The fraction of sp³-hybridized carbons (Fsp3) is 0.154. The van der Waals surface area contributed by atoms with E-state index in [1.807, 2.05) is 6.92 Å². The maximum Gasteiger partial charge on any atom is 0.149 e. The van der Waals surface area contributed by atoms with E-state index in [1.54, 1.807) is 35.2 Å². The molecule has 0 unspecified atom stereocenters. The van der Waals surface area contributed by atoms with Crippen molar-refractivity contribution in [2.45, 2.75) is 6.92 Å². The van der Waals surface area contributed by atoms with Crippen molar-refractivity contribution in [3.63, 3.8) is 0 Å². The van der Waals surface area contributed by atoms with E-state index in [0.717, 1.165) is 0 Å². The van der Waals surface area contributed by atoms with Crippen LogP contribution in [0.5, 0.6) is 0 Å². The quantitative estimate of drug-likeness (QED) is 0.873. The molecule has 2 aromatic rings. The van der Waals surface area contributed by atoms with Crippen molar-refractivity contribution in [2.75, 3.05) is 22.9 Å². The Morgan fingerprint density at radius 3 is 2.50 bits per heavy atom. The Balaban J connectivity index is 2.45. The molecular weight excluding hydrogens is 231 g/mol. The summed E-state index contributed by atoms with van der Waals surface area (Å²) in [4.78, 5) is 5.91. The first-order valence-electron chi connectivity index (χ1n) is 5.67. The summed E-state index contributed by atoms with van der Waals surface area (Å²) in [5.41, 5.74) is 12.2. The molecule has 0 aliphatic rings. The number of rotatable bonds is 3. The molecule has 0 aliphatic carbocycles. The molecule has 0 saturated heterocycles. The van der Waals surface area contributed by atoms with E-state index in [2.05, 4.69) is 4.98 Å². The second kappa shape index (κ2) is 4.91. The van der Waals surface area contributed by atoms with Crippen molar-refractivity contribution in [2.24, 2.45) is 0 Å². The normalized spacial score (nSPS) is 10.3. The van der Waals surface area contributed by atoms with E-state index in [4.69, 9.17) is 11.5 Å². The molecule has 1 aromatic heterocycles. The molecule has 0 bridgehead atoms. The van der Waals surface area contributed by atoms with Crippen molar-refractivity contribution >= 4 is 23.0 Å². The summed E-state index contributed by atoms with van der Waals surface area (Å²) in [6.07, 6.45) is 0. The molecule has 1 aromatic carbocycles. The van der Waals surface area contributed by atoms with Crippen molar-refractivity contribution < 1.29 is 4.39 Å². The lowest BCUT2D eigenvalue weighted by molar-refractivity contribution is 0.625. The van der Waals surface area contributed by atoms with Crippen LogP contribution < -0.4 is 16.4 Å². The van der Waals surface area contributed by atoms with E-state index in [0.29, 0.717) is 23.7 Å². The van der Waals surface area contributed by atoms with Gasteiger partial charge in [-0.2, -0.15) is 0 Å². The number of nitrogens with two attached hydrogens (primary N) is 2. The third-order valence-electron chi connectivity index (χ3n) is 2.68. The fourth-order valence-electron chi connectivity index (χ4n) is 1.75. The molecule has 0 amide bonds. The molecule has 18 heavy (non-hydrogen) atoms. The van der Waals surface area contributed by atoms with Crippen LogP contribution in [0.3, 0.4) is 0 Å². The number of hydrogen-bond acceptors (Lipinski definition) is 4.